The summed E-state index contributed by atoms with van der Waals surface area (Å²) >= 11 is 0. The van der Waals surface area contributed by atoms with Crippen molar-refractivity contribution in [3.8, 4) is 0 Å². The van der Waals surface area contributed by atoms with Gasteiger partial charge in [-0.1, -0.05) is 30.3 Å². The second-order valence-electron chi connectivity index (χ2n) is 7.16. The van der Waals surface area contributed by atoms with Crippen LogP contribution in [0.5, 0.6) is 0 Å². The van der Waals surface area contributed by atoms with Crippen molar-refractivity contribution in [2.24, 2.45) is 0 Å². The highest BCUT2D eigenvalue weighted by Gasteiger charge is 2.46. The van der Waals surface area contributed by atoms with Crippen molar-refractivity contribution in [3.05, 3.63) is 35.9 Å². The van der Waals surface area contributed by atoms with Gasteiger partial charge in [0.15, 0.2) is 0 Å². The Morgan fingerprint density at radius 3 is 2.38 bits per heavy atom. The fraction of sp³-hybridized carbons (Fsp3) is 0.579. The zero-order chi connectivity index (χ0) is 17.9. The molecule has 3 saturated heterocycles. The van der Waals surface area contributed by atoms with Crippen molar-refractivity contribution in [2.45, 2.75) is 12.6 Å². The third-order valence-corrected chi connectivity index (χ3v) is 5.51. The molecular weight excluding hydrogens is 332 g/mol. The van der Waals surface area contributed by atoms with E-state index in [0.29, 0.717) is 26.3 Å². The van der Waals surface area contributed by atoms with Crippen molar-refractivity contribution in [3.63, 3.8) is 0 Å². The molecule has 7 heteroatoms. The first-order chi connectivity index (χ1) is 12.7. The maximum Gasteiger partial charge on any atom is 0.327 e. The predicted molar refractivity (Wildman–Crippen MR) is 96.6 cm³/mol. The second-order valence-corrected chi connectivity index (χ2v) is 7.16. The van der Waals surface area contributed by atoms with E-state index in [1.54, 1.807) is 4.90 Å². The minimum atomic E-state index is -0.404. The fourth-order valence-electron chi connectivity index (χ4n) is 3.93. The van der Waals surface area contributed by atoms with Crippen LogP contribution in [0.1, 0.15) is 5.56 Å². The number of hydrogen-bond acceptors (Lipinski definition) is 5. The smallest absolute Gasteiger partial charge is 0.327 e. The van der Waals surface area contributed by atoms with Crippen LogP contribution in [-0.4, -0.2) is 96.6 Å². The van der Waals surface area contributed by atoms with E-state index < -0.39 is 6.04 Å². The van der Waals surface area contributed by atoms with Crippen molar-refractivity contribution in [1.29, 1.82) is 0 Å². The molecule has 26 heavy (non-hydrogen) atoms. The van der Waals surface area contributed by atoms with Gasteiger partial charge in [0.05, 0.1) is 13.2 Å². The zero-order valence-corrected chi connectivity index (χ0v) is 15.0. The molecule has 1 unspecified atom stereocenters. The van der Waals surface area contributed by atoms with Gasteiger partial charge in [0.25, 0.3) is 5.91 Å². The average molecular weight is 358 g/mol. The van der Waals surface area contributed by atoms with Gasteiger partial charge in [0.2, 0.25) is 0 Å². The summed E-state index contributed by atoms with van der Waals surface area (Å²) in [6, 6.07) is 9.97. The van der Waals surface area contributed by atoms with Crippen molar-refractivity contribution >= 4 is 11.9 Å². The average Bonchev–Trinajstić information content (AvgIpc) is 2.93. The molecule has 0 aromatic heterocycles. The first kappa shape index (κ1) is 17.5. The van der Waals surface area contributed by atoms with Crippen LogP contribution in [0, 0.1) is 0 Å². The van der Waals surface area contributed by atoms with Crippen molar-refractivity contribution < 1.29 is 14.3 Å². The van der Waals surface area contributed by atoms with E-state index in [4.69, 9.17) is 4.74 Å². The third-order valence-electron chi connectivity index (χ3n) is 5.51. The van der Waals surface area contributed by atoms with E-state index in [0.717, 1.165) is 39.3 Å². The summed E-state index contributed by atoms with van der Waals surface area (Å²) in [7, 11) is 0. The topological polar surface area (TPSA) is 56.3 Å². The lowest BCUT2D eigenvalue weighted by Crippen LogP contribution is -2.48. The van der Waals surface area contributed by atoms with Gasteiger partial charge in [-0.15, -0.1) is 0 Å². The quantitative estimate of drug-likeness (QED) is 0.716. The predicted octanol–water partition coefficient (Wildman–Crippen LogP) is 0.467. The number of urea groups is 1. The van der Waals surface area contributed by atoms with Crippen LogP contribution in [0.15, 0.2) is 30.3 Å². The molecule has 1 aromatic rings. The summed E-state index contributed by atoms with van der Waals surface area (Å²) in [6.45, 7) is 7.54. The molecule has 4 rings (SSSR count). The minimum Gasteiger partial charge on any atom is -0.377 e. The Morgan fingerprint density at radius 1 is 0.923 bits per heavy atom. The standard InChI is InChI=1S/C19H26N4O3/c24-18-17-15-26-13-12-22(17)19(25)23(18)11-10-20-6-8-21(9-7-20)14-16-4-2-1-3-5-16/h1-5,17H,6-15H2. The number of carbonyl (C=O) groups excluding carboxylic acids is 2. The Hall–Kier alpha value is -1.96. The molecule has 0 bridgehead atoms. The summed E-state index contributed by atoms with van der Waals surface area (Å²) in [5, 5.41) is 0. The molecule has 3 amide bonds. The molecule has 1 atom stereocenters. The summed E-state index contributed by atoms with van der Waals surface area (Å²) in [4.78, 5) is 32.7. The number of nitrogens with zero attached hydrogens (tertiary/aromatic N) is 4. The van der Waals surface area contributed by atoms with Crippen LogP contribution in [0.4, 0.5) is 4.79 Å². The SMILES string of the molecule is O=C1C2COCCN2C(=O)N1CCN1CCN(Cc2ccccc2)CC1. The highest BCUT2D eigenvalue weighted by Crippen LogP contribution is 2.20. The van der Waals surface area contributed by atoms with Gasteiger partial charge in [-0.2, -0.15) is 0 Å². The third kappa shape index (κ3) is 3.60. The Morgan fingerprint density at radius 2 is 1.65 bits per heavy atom. The number of carbonyl (C=O) groups is 2. The van der Waals surface area contributed by atoms with Gasteiger partial charge in [-0.3, -0.25) is 19.5 Å². The van der Waals surface area contributed by atoms with Gasteiger partial charge < -0.3 is 9.64 Å². The summed E-state index contributed by atoms with van der Waals surface area (Å²) in [5.41, 5.74) is 1.34. The molecule has 3 heterocycles. The number of benzene rings is 1. The highest BCUT2D eigenvalue weighted by molar-refractivity contribution is 6.04. The molecule has 0 N–H and O–H groups in total. The molecule has 0 aliphatic carbocycles. The number of fused-ring (bicyclic) bond motifs is 1. The molecule has 3 fully saturated rings. The summed E-state index contributed by atoms with van der Waals surface area (Å²) in [6.07, 6.45) is 0. The number of amides is 3. The molecular formula is C19H26N4O3. The molecule has 0 radical (unpaired) electrons. The number of ether oxygens (including phenoxy) is 1. The first-order valence-electron chi connectivity index (χ1n) is 9.41. The van der Waals surface area contributed by atoms with Crippen LogP contribution in [0.25, 0.3) is 0 Å². The van der Waals surface area contributed by atoms with Gasteiger partial charge >= 0.3 is 6.03 Å². The number of rotatable bonds is 5. The number of morpholine rings is 1. The molecule has 1 aromatic carbocycles. The highest BCUT2D eigenvalue weighted by atomic mass is 16.5. The number of imide groups is 1. The summed E-state index contributed by atoms with van der Waals surface area (Å²) < 4.78 is 5.35. The van der Waals surface area contributed by atoms with E-state index >= 15 is 0 Å². The number of hydrogen-bond donors (Lipinski definition) is 0. The Bertz CT molecular complexity index is 621. The molecule has 140 valence electrons. The number of piperazine rings is 1. The second kappa shape index (κ2) is 7.73. The van der Waals surface area contributed by atoms with E-state index in [-0.39, 0.29) is 11.9 Å². The first-order valence-corrected chi connectivity index (χ1v) is 9.41. The lowest BCUT2D eigenvalue weighted by atomic mass is 10.2. The van der Waals surface area contributed by atoms with Gasteiger partial charge in [0.1, 0.15) is 6.04 Å². The fourth-order valence-corrected chi connectivity index (χ4v) is 3.93. The lowest BCUT2D eigenvalue weighted by Gasteiger charge is -2.35. The van der Waals surface area contributed by atoms with Gasteiger partial charge in [-0.05, 0) is 5.56 Å². The Labute approximate surface area is 154 Å². The van der Waals surface area contributed by atoms with E-state index in [2.05, 4.69) is 34.1 Å². The molecule has 0 spiro atoms. The van der Waals surface area contributed by atoms with Crippen LogP contribution in [0.2, 0.25) is 0 Å². The van der Waals surface area contributed by atoms with Crippen molar-refractivity contribution in [1.82, 2.24) is 19.6 Å². The molecule has 7 nitrogen and oxygen atoms in total. The largest absolute Gasteiger partial charge is 0.377 e. The van der Waals surface area contributed by atoms with Gasteiger partial charge in [0, 0.05) is 52.4 Å². The molecule has 0 saturated carbocycles. The minimum absolute atomic E-state index is 0.0996. The van der Waals surface area contributed by atoms with Gasteiger partial charge in [-0.25, -0.2) is 4.79 Å². The van der Waals surface area contributed by atoms with Crippen LogP contribution in [0.3, 0.4) is 0 Å². The van der Waals surface area contributed by atoms with Crippen LogP contribution in [-0.2, 0) is 16.1 Å². The van der Waals surface area contributed by atoms with E-state index in [9.17, 15) is 9.59 Å². The lowest BCUT2D eigenvalue weighted by molar-refractivity contribution is -0.131. The Balaban J connectivity index is 1.24. The van der Waals surface area contributed by atoms with E-state index in [1.807, 2.05) is 6.07 Å². The van der Waals surface area contributed by atoms with Crippen molar-refractivity contribution in [2.75, 3.05) is 59.0 Å². The molecule has 3 aliphatic heterocycles. The maximum atomic E-state index is 12.4. The monoisotopic (exact) mass is 358 g/mol. The normalized spacial score (nSPS) is 25.0. The maximum absolute atomic E-state index is 12.4. The van der Waals surface area contributed by atoms with Crippen LogP contribution < -0.4 is 0 Å². The van der Waals surface area contributed by atoms with E-state index in [1.165, 1.54) is 10.5 Å². The summed E-state index contributed by atoms with van der Waals surface area (Å²) in [5.74, 6) is -0.0996. The van der Waals surface area contributed by atoms with Crippen LogP contribution >= 0.6 is 0 Å². The zero-order valence-electron chi connectivity index (χ0n) is 15.0. The molecule has 3 aliphatic rings. The Kier molecular flexibility index (Phi) is 5.19.